The van der Waals surface area contributed by atoms with E-state index in [9.17, 15) is 0 Å². The summed E-state index contributed by atoms with van der Waals surface area (Å²) in [4.78, 5) is 2.75. The zero-order chi connectivity index (χ0) is 12.7. The van der Waals surface area contributed by atoms with E-state index < -0.39 is 0 Å². The number of benzene rings is 1. The Hall–Kier alpha value is -1.02. The van der Waals surface area contributed by atoms with Crippen LogP contribution in [-0.2, 0) is 6.42 Å². The first-order valence-corrected chi connectivity index (χ1v) is 7.93. The molecule has 0 spiro atoms. The van der Waals surface area contributed by atoms with Gasteiger partial charge in [0.15, 0.2) is 0 Å². The summed E-state index contributed by atoms with van der Waals surface area (Å²) in [6, 6.07) is 9.43. The summed E-state index contributed by atoms with van der Waals surface area (Å²) in [6.45, 7) is 3.94. The molecule has 0 aromatic heterocycles. The summed E-state index contributed by atoms with van der Waals surface area (Å²) in [5, 5.41) is 3.71. The second kappa shape index (κ2) is 4.82. The molecule has 0 amide bonds. The van der Waals surface area contributed by atoms with E-state index in [1.54, 1.807) is 0 Å². The van der Waals surface area contributed by atoms with Crippen molar-refractivity contribution >= 4 is 5.69 Å². The van der Waals surface area contributed by atoms with Gasteiger partial charge in [0, 0.05) is 31.4 Å². The second-order valence-corrected chi connectivity index (χ2v) is 6.81. The van der Waals surface area contributed by atoms with Gasteiger partial charge < -0.3 is 10.2 Å². The predicted molar refractivity (Wildman–Crippen MR) is 79.4 cm³/mol. The van der Waals surface area contributed by atoms with E-state index in [1.165, 1.54) is 63.0 Å². The maximum atomic E-state index is 3.71. The highest BCUT2D eigenvalue weighted by molar-refractivity contribution is 5.56. The summed E-state index contributed by atoms with van der Waals surface area (Å²) in [7, 11) is 0. The van der Waals surface area contributed by atoms with Gasteiger partial charge in [0.2, 0.25) is 0 Å². The van der Waals surface area contributed by atoms with Crippen molar-refractivity contribution in [2.75, 3.05) is 25.0 Å². The molecule has 1 heterocycles. The van der Waals surface area contributed by atoms with Crippen LogP contribution in [0.25, 0.3) is 0 Å². The Kier molecular flexibility index (Phi) is 2.99. The molecule has 2 saturated carbocycles. The van der Waals surface area contributed by atoms with Crippen LogP contribution in [0.2, 0.25) is 0 Å². The monoisotopic (exact) mass is 256 g/mol. The van der Waals surface area contributed by atoms with E-state index in [-0.39, 0.29) is 0 Å². The number of hydrogen-bond donors (Lipinski definition) is 1. The molecule has 1 unspecified atom stereocenters. The molecule has 4 rings (SSSR count). The van der Waals surface area contributed by atoms with Gasteiger partial charge in [-0.15, -0.1) is 0 Å². The highest BCUT2D eigenvalue weighted by Gasteiger charge is 2.31. The molecule has 2 aliphatic carbocycles. The molecular formula is C17H24N2. The van der Waals surface area contributed by atoms with Crippen molar-refractivity contribution in [2.45, 2.75) is 38.1 Å². The van der Waals surface area contributed by atoms with Crippen LogP contribution in [0.3, 0.4) is 0 Å². The number of anilines is 1. The van der Waals surface area contributed by atoms with Gasteiger partial charge in [-0.25, -0.2) is 0 Å². The van der Waals surface area contributed by atoms with Gasteiger partial charge in [-0.1, -0.05) is 18.2 Å². The number of para-hydroxylation sites is 1. The summed E-state index contributed by atoms with van der Waals surface area (Å²) in [5.41, 5.74) is 2.87. The SMILES string of the molecule is c1ccc2c(c1)CC(CN(CC1CC1)CC1CC1)N2. The van der Waals surface area contributed by atoms with Crippen molar-refractivity contribution in [1.29, 1.82) is 0 Å². The highest BCUT2D eigenvalue weighted by Crippen LogP contribution is 2.34. The van der Waals surface area contributed by atoms with Gasteiger partial charge in [-0.3, -0.25) is 0 Å². The molecule has 3 aliphatic rings. The van der Waals surface area contributed by atoms with Crippen LogP contribution in [0.5, 0.6) is 0 Å². The maximum Gasteiger partial charge on any atom is 0.0429 e. The van der Waals surface area contributed by atoms with Gasteiger partial charge in [-0.05, 0) is 55.6 Å². The van der Waals surface area contributed by atoms with Gasteiger partial charge >= 0.3 is 0 Å². The van der Waals surface area contributed by atoms with E-state index >= 15 is 0 Å². The van der Waals surface area contributed by atoms with Crippen molar-refractivity contribution < 1.29 is 0 Å². The number of fused-ring (bicyclic) bond motifs is 1. The van der Waals surface area contributed by atoms with Crippen molar-refractivity contribution in [2.24, 2.45) is 11.8 Å². The highest BCUT2D eigenvalue weighted by atomic mass is 15.2. The third-order valence-electron chi connectivity index (χ3n) is 4.75. The van der Waals surface area contributed by atoms with E-state index in [0.29, 0.717) is 6.04 Å². The lowest BCUT2D eigenvalue weighted by atomic mass is 10.1. The zero-order valence-corrected chi connectivity index (χ0v) is 11.6. The Morgan fingerprint density at radius 3 is 2.26 bits per heavy atom. The number of nitrogens with one attached hydrogen (secondary N) is 1. The molecule has 2 fully saturated rings. The van der Waals surface area contributed by atoms with Gasteiger partial charge in [0.25, 0.3) is 0 Å². The molecule has 0 radical (unpaired) electrons. The summed E-state index contributed by atoms with van der Waals surface area (Å²) < 4.78 is 0. The van der Waals surface area contributed by atoms with Crippen LogP contribution in [0, 0.1) is 11.8 Å². The maximum absolute atomic E-state index is 3.71. The van der Waals surface area contributed by atoms with Gasteiger partial charge in [0.1, 0.15) is 0 Å². The number of nitrogens with zero attached hydrogens (tertiary/aromatic N) is 1. The molecule has 102 valence electrons. The third kappa shape index (κ3) is 2.94. The molecule has 1 aliphatic heterocycles. The van der Waals surface area contributed by atoms with Crippen molar-refractivity contribution in [3.05, 3.63) is 29.8 Å². The predicted octanol–water partition coefficient (Wildman–Crippen LogP) is 3.15. The quantitative estimate of drug-likeness (QED) is 0.841. The van der Waals surface area contributed by atoms with Crippen molar-refractivity contribution in [3.8, 4) is 0 Å². The zero-order valence-electron chi connectivity index (χ0n) is 11.6. The van der Waals surface area contributed by atoms with E-state index in [1.807, 2.05) is 0 Å². The van der Waals surface area contributed by atoms with Gasteiger partial charge in [0.05, 0.1) is 0 Å². The molecule has 1 aromatic carbocycles. The summed E-state index contributed by atoms with van der Waals surface area (Å²) in [6.07, 6.45) is 7.10. The minimum atomic E-state index is 0.634. The molecule has 1 aromatic rings. The lowest BCUT2D eigenvalue weighted by Crippen LogP contribution is -2.38. The minimum Gasteiger partial charge on any atom is -0.380 e. The molecule has 1 N–H and O–H groups in total. The number of rotatable bonds is 6. The van der Waals surface area contributed by atoms with Crippen LogP contribution in [0.1, 0.15) is 31.2 Å². The molecule has 19 heavy (non-hydrogen) atoms. The Bertz CT molecular complexity index is 409. The van der Waals surface area contributed by atoms with Crippen molar-refractivity contribution in [1.82, 2.24) is 4.90 Å². The van der Waals surface area contributed by atoms with Crippen LogP contribution < -0.4 is 5.32 Å². The van der Waals surface area contributed by atoms with Crippen LogP contribution >= 0.6 is 0 Å². The molecule has 0 saturated heterocycles. The molecular weight excluding hydrogens is 232 g/mol. The molecule has 2 nitrogen and oxygen atoms in total. The average molecular weight is 256 g/mol. The van der Waals surface area contributed by atoms with E-state index in [0.717, 1.165) is 11.8 Å². The second-order valence-electron chi connectivity index (χ2n) is 6.81. The number of hydrogen-bond acceptors (Lipinski definition) is 2. The first kappa shape index (κ1) is 11.8. The van der Waals surface area contributed by atoms with Crippen LogP contribution in [0.4, 0.5) is 5.69 Å². The van der Waals surface area contributed by atoms with Crippen molar-refractivity contribution in [3.63, 3.8) is 0 Å². The normalized spacial score (nSPS) is 25.4. The largest absolute Gasteiger partial charge is 0.380 e. The first-order chi connectivity index (χ1) is 9.37. The molecule has 1 atom stereocenters. The average Bonchev–Trinajstić information content (AvgIpc) is 3.30. The Morgan fingerprint density at radius 1 is 0.947 bits per heavy atom. The fourth-order valence-corrected chi connectivity index (χ4v) is 3.35. The summed E-state index contributed by atoms with van der Waals surface area (Å²) in [5.74, 6) is 2.03. The van der Waals surface area contributed by atoms with Gasteiger partial charge in [-0.2, -0.15) is 0 Å². The Balaban J connectivity index is 1.36. The Labute approximate surface area is 116 Å². The Morgan fingerprint density at radius 2 is 1.63 bits per heavy atom. The smallest absolute Gasteiger partial charge is 0.0429 e. The summed E-state index contributed by atoms with van der Waals surface area (Å²) >= 11 is 0. The lowest BCUT2D eigenvalue weighted by molar-refractivity contribution is 0.243. The van der Waals surface area contributed by atoms with E-state index in [2.05, 4.69) is 34.5 Å². The standard InChI is InChI=1S/C17H24N2/c1-2-4-17-15(3-1)9-16(18-17)12-19(10-13-5-6-13)11-14-7-8-14/h1-4,13-14,16,18H,5-12H2. The molecule has 0 bridgehead atoms. The first-order valence-electron chi connectivity index (χ1n) is 7.93. The lowest BCUT2D eigenvalue weighted by Gasteiger charge is -2.25. The molecule has 2 heteroatoms. The fourth-order valence-electron chi connectivity index (χ4n) is 3.35. The van der Waals surface area contributed by atoms with E-state index in [4.69, 9.17) is 0 Å². The fraction of sp³-hybridized carbons (Fsp3) is 0.647. The van der Waals surface area contributed by atoms with Crippen LogP contribution in [-0.4, -0.2) is 30.6 Å². The minimum absolute atomic E-state index is 0.634. The topological polar surface area (TPSA) is 15.3 Å². The third-order valence-corrected chi connectivity index (χ3v) is 4.75. The van der Waals surface area contributed by atoms with Crippen LogP contribution in [0.15, 0.2) is 24.3 Å².